The van der Waals surface area contributed by atoms with Gasteiger partial charge in [-0.25, -0.2) is 0 Å². The van der Waals surface area contributed by atoms with Gasteiger partial charge >= 0.3 is 12.1 Å². The third-order valence-electron chi connectivity index (χ3n) is 5.83. The van der Waals surface area contributed by atoms with Crippen LogP contribution in [-0.4, -0.2) is 50.4 Å². The number of halogens is 3. The number of aliphatic carboxylic acids is 1. The molecule has 0 amide bonds. The number of likely N-dealkylation sites (tertiary alicyclic amines) is 1. The van der Waals surface area contributed by atoms with Gasteiger partial charge in [0.15, 0.2) is 11.5 Å². The lowest BCUT2D eigenvalue weighted by Gasteiger charge is -2.38. The van der Waals surface area contributed by atoms with E-state index in [1.54, 1.807) is 18.2 Å². The van der Waals surface area contributed by atoms with E-state index in [2.05, 4.69) is 0 Å². The minimum absolute atomic E-state index is 0.0688. The van der Waals surface area contributed by atoms with E-state index in [1.807, 2.05) is 4.90 Å². The van der Waals surface area contributed by atoms with Crippen molar-refractivity contribution in [3.05, 3.63) is 53.1 Å². The summed E-state index contributed by atoms with van der Waals surface area (Å²) in [5, 5.41) is 9.34. The van der Waals surface area contributed by atoms with Gasteiger partial charge in [0.25, 0.3) is 0 Å². The molecular weight excluding hydrogens is 427 g/mol. The van der Waals surface area contributed by atoms with Gasteiger partial charge in [0.2, 0.25) is 5.75 Å². The van der Waals surface area contributed by atoms with E-state index in [0.29, 0.717) is 37.2 Å². The van der Waals surface area contributed by atoms with Crippen molar-refractivity contribution in [2.45, 2.75) is 25.1 Å². The Kier molecular flexibility index (Phi) is 7.18. The summed E-state index contributed by atoms with van der Waals surface area (Å²) in [5.74, 6) is -0.463. The number of rotatable bonds is 7. The van der Waals surface area contributed by atoms with Crippen LogP contribution in [0.5, 0.6) is 17.2 Å². The van der Waals surface area contributed by atoms with E-state index < -0.39 is 29.7 Å². The molecule has 1 fully saturated rings. The fourth-order valence-corrected chi connectivity index (χ4v) is 4.30. The maximum Gasteiger partial charge on any atom is 0.416 e. The molecule has 1 aliphatic heterocycles. The van der Waals surface area contributed by atoms with Crippen molar-refractivity contribution in [1.82, 2.24) is 4.90 Å². The van der Waals surface area contributed by atoms with Gasteiger partial charge in [0.1, 0.15) is 0 Å². The second kappa shape index (κ2) is 9.68. The van der Waals surface area contributed by atoms with Crippen LogP contribution in [0.3, 0.4) is 0 Å². The van der Waals surface area contributed by atoms with E-state index in [4.69, 9.17) is 14.2 Å². The topological polar surface area (TPSA) is 68.2 Å². The molecule has 1 saturated heterocycles. The summed E-state index contributed by atoms with van der Waals surface area (Å²) >= 11 is 0. The first kappa shape index (κ1) is 23.7. The van der Waals surface area contributed by atoms with Crippen molar-refractivity contribution in [1.29, 1.82) is 0 Å². The maximum absolute atomic E-state index is 13.9. The van der Waals surface area contributed by atoms with Gasteiger partial charge in [-0.2, -0.15) is 13.2 Å². The van der Waals surface area contributed by atoms with E-state index in [9.17, 15) is 23.1 Å². The smallest absolute Gasteiger partial charge is 0.416 e. The zero-order chi connectivity index (χ0) is 23.5. The molecule has 2 aromatic carbocycles. The molecule has 0 saturated carbocycles. The quantitative estimate of drug-likeness (QED) is 0.660. The summed E-state index contributed by atoms with van der Waals surface area (Å²) in [6.07, 6.45) is -3.87. The number of hydrogen-bond acceptors (Lipinski definition) is 5. The van der Waals surface area contributed by atoms with Gasteiger partial charge in [-0.15, -0.1) is 0 Å². The fraction of sp³-hybridized carbons (Fsp3) is 0.435. The Balaban J connectivity index is 2.19. The highest BCUT2D eigenvalue weighted by atomic mass is 19.4. The lowest BCUT2D eigenvalue weighted by atomic mass is 9.88. The molecule has 0 aromatic heterocycles. The Morgan fingerprint density at radius 2 is 1.59 bits per heavy atom. The molecule has 174 valence electrons. The third-order valence-corrected chi connectivity index (χ3v) is 5.83. The highest BCUT2D eigenvalue weighted by Crippen LogP contribution is 2.48. The number of nitrogens with zero attached hydrogens (tertiary/aromatic N) is 1. The molecule has 0 aliphatic carbocycles. The van der Waals surface area contributed by atoms with Gasteiger partial charge in [0, 0.05) is 5.56 Å². The number of carbonyl (C=O) groups is 1. The molecule has 1 heterocycles. The number of carboxylic acids is 1. The lowest BCUT2D eigenvalue weighted by Crippen LogP contribution is -2.40. The van der Waals surface area contributed by atoms with E-state index >= 15 is 0 Å². The van der Waals surface area contributed by atoms with Crippen molar-refractivity contribution in [3.63, 3.8) is 0 Å². The van der Waals surface area contributed by atoms with Crippen LogP contribution in [0.2, 0.25) is 0 Å². The SMILES string of the molecule is COc1ccc(C(c2ccccc2C(F)(F)F)N2CCC(C(=O)O)CC2)c(OC)c1OC. The minimum atomic E-state index is -4.56. The number of benzene rings is 2. The van der Waals surface area contributed by atoms with Gasteiger partial charge < -0.3 is 19.3 Å². The third kappa shape index (κ3) is 4.62. The predicted octanol–water partition coefficient (Wildman–Crippen LogP) is 4.62. The average molecular weight is 453 g/mol. The van der Waals surface area contributed by atoms with Crippen molar-refractivity contribution in [2.24, 2.45) is 5.92 Å². The highest BCUT2D eigenvalue weighted by Gasteiger charge is 2.39. The molecule has 32 heavy (non-hydrogen) atoms. The predicted molar refractivity (Wildman–Crippen MR) is 111 cm³/mol. The van der Waals surface area contributed by atoms with Crippen LogP contribution in [0, 0.1) is 5.92 Å². The van der Waals surface area contributed by atoms with E-state index in [-0.39, 0.29) is 17.1 Å². The van der Waals surface area contributed by atoms with Gasteiger partial charge in [-0.1, -0.05) is 18.2 Å². The Hall–Kier alpha value is -2.94. The van der Waals surface area contributed by atoms with Crippen LogP contribution < -0.4 is 14.2 Å². The second-order valence-corrected chi connectivity index (χ2v) is 7.56. The Morgan fingerprint density at radius 3 is 2.12 bits per heavy atom. The fourth-order valence-electron chi connectivity index (χ4n) is 4.30. The van der Waals surface area contributed by atoms with Gasteiger partial charge in [-0.05, 0) is 49.7 Å². The Labute approximate surface area is 184 Å². The van der Waals surface area contributed by atoms with Crippen molar-refractivity contribution < 1.29 is 37.3 Å². The van der Waals surface area contributed by atoms with Crippen LogP contribution >= 0.6 is 0 Å². The van der Waals surface area contributed by atoms with Gasteiger partial charge in [0.05, 0.1) is 38.9 Å². The first-order valence-corrected chi connectivity index (χ1v) is 10.1. The molecule has 1 unspecified atom stereocenters. The van der Waals surface area contributed by atoms with Crippen LogP contribution in [0.25, 0.3) is 0 Å². The molecule has 1 aliphatic rings. The summed E-state index contributed by atoms with van der Waals surface area (Å²) in [6, 6.07) is 7.90. The lowest BCUT2D eigenvalue weighted by molar-refractivity contribution is -0.143. The zero-order valence-electron chi connectivity index (χ0n) is 18.1. The monoisotopic (exact) mass is 453 g/mol. The van der Waals surface area contributed by atoms with Crippen molar-refractivity contribution >= 4 is 5.97 Å². The molecule has 6 nitrogen and oxygen atoms in total. The summed E-state index contributed by atoms with van der Waals surface area (Å²) < 4.78 is 58.2. The Morgan fingerprint density at radius 1 is 0.969 bits per heavy atom. The van der Waals surface area contributed by atoms with E-state index in [1.165, 1.54) is 33.5 Å². The van der Waals surface area contributed by atoms with Crippen LogP contribution in [0.4, 0.5) is 13.2 Å². The van der Waals surface area contributed by atoms with Crippen molar-refractivity contribution in [3.8, 4) is 17.2 Å². The minimum Gasteiger partial charge on any atom is -0.493 e. The average Bonchev–Trinajstić information content (AvgIpc) is 2.78. The first-order valence-electron chi connectivity index (χ1n) is 10.1. The van der Waals surface area contributed by atoms with E-state index in [0.717, 1.165) is 6.07 Å². The largest absolute Gasteiger partial charge is 0.493 e. The number of piperidine rings is 1. The molecular formula is C23H26F3NO5. The molecule has 1 atom stereocenters. The Bertz CT molecular complexity index is 955. The molecule has 0 spiro atoms. The molecule has 0 bridgehead atoms. The number of methoxy groups -OCH3 is 3. The maximum atomic E-state index is 13.9. The van der Waals surface area contributed by atoms with Crippen LogP contribution in [-0.2, 0) is 11.0 Å². The summed E-state index contributed by atoms with van der Waals surface area (Å²) in [6.45, 7) is 0.649. The summed E-state index contributed by atoms with van der Waals surface area (Å²) in [7, 11) is 4.31. The van der Waals surface area contributed by atoms with Crippen molar-refractivity contribution in [2.75, 3.05) is 34.4 Å². The normalized spacial score (nSPS) is 16.4. The number of ether oxygens (including phenoxy) is 3. The molecule has 0 radical (unpaired) electrons. The van der Waals surface area contributed by atoms with Gasteiger partial charge in [-0.3, -0.25) is 9.69 Å². The number of carboxylic acid groups (broad SMARTS) is 1. The number of hydrogen-bond donors (Lipinski definition) is 1. The van der Waals surface area contributed by atoms with Crippen LogP contribution in [0.15, 0.2) is 36.4 Å². The molecule has 9 heteroatoms. The first-order chi connectivity index (χ1) is 15.2. The number of alkyl halides is 3. The molecule has 3 rings (SSSR count). The molecule has 2 aromatic rings. The summed E-state index contributed by atoms with van der Waals surface area (Å²) in [4.78, 5) is 13.3. The second-order valence-electron chi connectivity index (χ2n) is 7.56. The zero-order valence-corrected chi connectivity index (χ0v) is 18.1. The molecule has 1 N–H and O–H groups in total. The highest BCUT2D eigenvalue weighted by molar-refractivity contribution is 5.70. The van der Waals surface area contributed by atoms with Crippen LogP contribution in [0.1, 0.15) is 35.6 Å². The summed E-state index contributed by atoms with van der Waals surface area (Å²) in [5.41, 5.74) is -0.197. The standard InChI is InChI=1S/C23H26F3NO5/c1-30-18-9-8-16(20(31-2)21(18)32-3)19(27-12-10-14(11-13-27)22(28)29)15-6-4-5-7-17(15)23(24,25)26/h4-9,14,19H,10-13H2,1-3H3,(H,28,29).